The van der Waals surface area contributed by atoms with Gasteiger partial charge in [0, 0.05) is 16.7 Å². The van der Waals surface area contributed by atoms with Crippen molar-refractivity contribution in [3.63, 3.8) is 0 Å². The average molecular weight is 488 g/mol. The molecule has 0 aliphatic carbocycles. The fourth-order valence-electron chi connectivity index (χ4n) is 2.92. The lowest BCUT2D eigenvalue weighted by Gasteiger charge is -2.14. The van der Waals surface area contributed by atoms with E-state index in [4.69, 9.17) is 9.47 Å². The first kappa shape index (κ1) is 22.4. The molecule has 0 atom stereocenters. The zero-order chi connectivity index (χ0) is 22.4. The first-order valence-electron chi connectivity index (χ1n) is 9.71. The number of urea groups is 1. The van der Waals surface area contributed by atoms with Gasteiger partial charge in [-0.25, -0.2) is 4.79 Å². The number of ether oxygens (including phenoxy) is 2. The maximum atomic E-state index is 12.3. The molecule has 1 saturated heterocycles. The van der Waals surface area contributed by atoms with Gasteiger partial charge in [-0.2, -0.15) is 0 Å². The fraction of sp³-hybridized carbons (Fsp3) is 0.227. The van der Waals surface area contributed by atoms with Crippen molar-refractivity contribution in [1.82, 2.24) is 10.2 Å². The molecule has 2 N–H and O–H groups in total. The Labute approximate surface area is 188 Å². The fourth-order valence-corrected chi connectivity index (χ4v) is 3.36. The number of hydrogen-bond acceptors (Lipinski definition) is 5. The van der Waals surface area contributed by atoms with Gasteiger partial charge in [0.1, 0.15) is 5.70 Å². The summed E-state index contributed by atoms with van der Waals surface area (Å²) in [5.41, 5.74) is 1.46. The van der Waals surface area contributed by atoms with Gasteiger partial charge in [0.05, 0.1) is 6.61 Å². The number of likely N-dealkylation sites (N-methyl/N-ethyl adjacent to an activating group) is 1. The number of benzene rings is 2. The molecule has 0 saturated carbocycles. The van der Waals surface area contributed by atoms with Gasteiger partial charge in [-0.15, -0.1) is 0 Å². The second-order valence-corrected chi connectivity index (χ2v) is 7.35. The smallest absolute Gasteiger partial charge is 0.328 e. The standard InChI is InChI=1S/C22H22BrN3O5/c1-3-26-21(28)17(25-22(26)29)10-14-11-18(30-4-2)19(12-16(14)23)31-13-20(27)24-15-8-6-5-7-9-15/h5-12H,3-4,13H2,1-2H3,(H,24,27)(H,25,29)/b17-10+. The number of rotatable bonds is 8. The lowest BCUT2D eigenvalue weighted by Crippen LogP contribution is -2.30. The van der Waals surface area contributed by atoms with E-state index in [9.17, 15) is 14.4 Å². The van der Waals surface area contributed by atoms with Crippen LogP contribution in [0.2, 0.25) is 0 Å². The predicted octanol–water partition coefficient (Wildman–Crippen LogP) is 3.78. The van der Waals surface area contributed by atoms with Crippen LogP contribution in [0.3, 0.4) is 0 Å². The van der Waals surface area contributed by atoms with Gasteiger partial charge in [-0.1, -0.05) is 34.1 Å². The summed E-state index contributed by atoms with van der Waals surface area (Å²) in [6.07, 6.45) is 1.56. The number of para-hydroxylation sites is 1. The first-order valence-corrected chi connectivity index (χ1v) is 10.5. The molecule has 0 spiro atoms. The minimum Gasteiger partial charge on any atom is -0.490 e. The lowest BCUT2D eigenvalue weighted by atomic mass is 10.1. The molecule has 8 nitrogen and oxygen atoms in total. The highest BCUT2D eigenvalue weighted by Crippen LogP contribution is 2.35. The third-order valence-corrected chi connectivity index (χ3v) is 5.04. The quantitative estimate of drug-likeness (QED) is 0.436. The van der Waals surface area contributed by atoms with Crippen molar-refractivity contribution in [1.29, 1.82) is 0 Å². The Hall–Kier alpha value is -3.33. The van der Waals surface area contributed by atoms with Crippen LogP contribution < -0.4 is 20.1 Å². The van der Waals surface area contributed by atoms with Gasteiger partial charge in [-0.3, -0.25) is 14.5 Å². The van der Waals surface area contributed by atoms with E-state index in [2.05, 4.69) is 26.6 Å². The van der Waals surface area contributed by atoms with Gasteiger partial charge >= 0.3 is 6.03 Å². The third kappa shape index (κ3) is 5.43. The second-order valence-electron chi connectivity index (χ2n) is 6.49. The molecule has 1 aliphatic rings. The summed E-state index contributed by atoms with van der Waals surface area (Å²) in [4.78, 5) is 37.5. The Kier molecular flexibility index (Phi) is 7.30. The summed E-state index contributed by atoms with van der Waals surface area (Å²) in [7, 11) is 0. The van der Waals surface area contributed by atoms with Crippen molar-refractivity contribution in [3.8, 4) is 11.5 Å². The number of hydrogen-bond donors (Lipinski definition) is 2. The van der Waals surface area contributed by atoms with Crippen LogP contribution in [-0.2, 0) is 9.59 Å². The Morgan fingerprint density at radius 1 is 1.13 bits per heavy atom. The number of imide groups is 1. The summed E-state index contributed by atoms with van der Waals surface area (Å²) < 4.78 is 11.9. The lowest BCUT2D eigenvalue weighted by molar-refractivity contribution is -0.122. The van der Waals surface area contributed by atoms with Crippen molar-refractivity contribution < 1.29 is 23.9 Å². The van der Waals surface area contributed by atoms with Gasteiger partial charge in [-0.05, 0) is 49.8 Å². The Balaban J connectivity index is 1.77. The molecule has 2 aromatic carbocycles. The molecule has 2 aromatic rings. The summed E-state index contributed by atoms with van der Waals surface area (Å²) in [5, 5.41) is 5.31. The van der Waals surface area contributed by atoms with Crippen molar-refractivity contribution in [3.05, 3.63) is 58.2 Å². The second kappa shape index (κ2) is 10.1. The van der Waals surface area contributed by atoms with Crippen LogP contribution in [0.15, 0.2) is 52.6 Å². The Bertz CT molecular complexity index is 1020. The van der Waals surface area contributed by atoms with Crippen molar-refractivity contribution >= 4 is 45.5 Å². The largest absolute Gasteiger partial charge is 0.490 e. The maximum absolute atomic E-state index is 12.3. The molecular weight excluding hydrogens is 466 g/mol. The normalized spacial score (nSPS) is 14.5. The number of carbonyl (C=O) groups excluding carboxylic acids is 3. The molecule has 0 radical (unpaired) electrons. The highest BCUT2D eigenvalue weighted by atomic mass is 79.9. The van der Waals surface area contributed by atoms with Crippen LogP contribution in [-0.4, -0.2) is 42.5 Å². The van der Waals surface area contributed by atoms with Crippen molar-refractivity contribution in [2.45, 2.75) is 13.8 Å². The van der Waals surface area contributed by atoms with Crippen LogP contribution in [0.5, 0.6) is 11.5 Å². The van der Waals surface area contributed by atoms with Crippen LogP contribution in [0.25, 0.3) is 6.08 Å². The number of halogens is 1. The highest BCUT2D eigenvalue weighted by molar-refractivity contribution is 9.10. The predicted molar refractivity (Wildman–Crippen MR) is 120 cm³/mol. The van der Waals surface area contributed by atoms with Crippen molar-refractivity contribution in [2.24, 2.45) is 0 Å². The van der Waals surface area contributed by atoms with Gasteiger partial charge < -0.3 is 20.1 Å². The van der Waals surface area contributed by atoms with E-state index < -0.39 is 11.9 Å². The molecule has 3 rings (SSSR count). The van der Waals surface area contributed by atoms with Gasteiger partial charge in [0.2, 0.25) is 0 Å². The van der Waals surface area contributed by atoms with Crippen LogP contribution in [0.4, 0.5) is 10.5 Å². The van der Waals surface area contributed by atoms with Crippen LogP contribution in [0.1, 0.15) is 19.4 Å². The maximum Gasteiger partial charge on any atom is 0.328 e. The summed E-state index contributed by atoms with van der Waals surface area (Å²) in [5.74, 6) is 0.0791. The van der Waals surface area contributed by atoms with E-state index in [0.29, 0.717) is 33.8 Å². The number of anilines is 1. The summed E-state index contributed by atoms with van der Waals surface area (Å²) in [6.45, 7) is 4.01. The summed E-state index contributed by atoms with van der Waals surface area (Å²) in [6, 6.07) is 12.0. The monoisotopic (exact) mass is 487 g/mol. The zero-order valence-corrected chi connectivity index (χ0v) is 18.7. The minimum atomic E-state index is -0.454. The Morgan fingerprint density at radius 3 is 2.48 bits per heavy atom. The van der Waals surface area contributed by atoms with E-state index in [1.54, 1.807) is 37.3 Å². The molecule has 0 bridgehead atoms. The molecule has 1 aliphatic heterocycles. The third-order valence-electron chi connectivity index (χ3n) is 4.36. The average Bonchev–Trinajstić information content (AvgIpc) is 3.02. The van der Waals surface area contributed by atoms with Crippen LogP contribution >= 0.6 is 15.9 Å². The van der Waals surface area contributed by atoms with E-state index >= 15 is 0 Å². The highest BCUT2D eigenvalue weighted by Gasteiger charge is 2.32. The van der Waals surface area contributed by atoms with Crippen LogP contribution in [0, 0.1) is 0 Å². The molecule has 4 amide bonds. The molecule has 1 fully saturated rings. The van der Waals surface area contributed by atoms with E-state index in [0.717, 1.165) is 4.90 Å². The molecule has 0 aromatic heterocycles. The molecule has 9 heteroatoms. The first-order chi connectivity index (χ1) is 14.9. The topological polar surface area (TPSA) is 97.0 Å². The van der Waals surface area contributed by atoms with Crippen molar-refractivity contribution in [2.75, 3.05) is 25.1 Å². The number of amides is 4. The zero-order valence-electron chi connectivity index (χ0n) is 17.1. The molecule has 31 heavy (non-hydrogen) atoms. The SMILES string of the molecule is CCOc1cc(/C=C2/NC(=O)N(CC)C2=O)c(Br)cc1OCC(=O)Nc1ccccc1. The van der Waals surface area contributed by atoms with Gasteiger partial charge in [0.25, 0.3) is 11.8 Å². The number of nitrogens with one attached hydrogen (secondary N) is 2. The van der Waals surface area contributed by atoms with Gasteiger partial charge in [0.15, 0.2) is 18.1 Å². The number of carbonyl (C=O) groups is 3. The molecule has 1 heterocycles. The minimum absolute atomic E-state index is 0.172. The molecule has 162 valence electrons. The number of nitrogens with zero attached hydrogens (tertiary/aromatic N) is 1. The van der Waals surface area contributed by atoms with E-state index in [1.165, 1.54) is 0 Å². The molecular formula is C22H22BrN3O5. The Morgan fingerprint density at radius 2 is 1.84 bits per heavy atom. The van der Waals surface area contributed by atoms with E-state index in [-0.39, 0.29) is 24.8 Å². The van der Waals surface area contributed by atoms with E-state index in [1.807, 2.05) is 25.1 Å². The molecule has 0 unspecified atom stereocenters. The summed E-state index contributed by atoms with van der Waals surface area (Å²) >= 11 is 3.45.